The Balaban J connectivity index is 2.02. The first-order valence-corrected chi connectivity index (χ1v) is 4.99. The molecule has 0 radical (unpaired) electrons. The van der Waals surface area contributed by atoms with Crippen LogP contribution in [0.5, 0.6) is 0 Å². The first-order valence-electron chi connectivity index (χ1n) is 4.99. The maximum Gasteiger partial charge on any atom is 0.148 e. The highest BCUT2D eigenvalue weighted by molar-refractivity contribution is 5.52. The lowest BCUT2D eigenvalue weighted by Crippen LogP contribution is -1.99. The summed E-state index contributed by atoms with van der Waals surface area (Å²) in [6.45, 7) is 2.41. The number of nitrogens with two attached hydrogens (primary N) is 1. The number of furan rings is 1. The summed E-state index contributed by atoms with van der Waals surface area (Å²) in [4.78, 5) is 0. The van der Waals surface area contributed by atoms with E-state index in [0.29, 0.717) is 12.2 Å². The van der Waals surface area contributed by atoms with E-state index in [4.69, 9.17) is 10.2 Å². The summed E-state index contributed by atoms with van der Waals surface area (Å²) < 4.78 is 18.5. The van der Waals surface area contributed by atoms with E-state index in [9.17, 15) is 4.39 Å². The lowest BCUT2D eigenvalue weighted by atomic mass is 10.2. The summed E-state index contributed by atoms with van der Waals surface area (Å²) in [7, 11) is 0. The van der Waals surface area contributed by atoms with Crippen molar-refractivity contribution in [1.29, 1.82) is 0 Å². The molecular formula is C12H13FN2O. The summed E-state index contributed by atoms with van der Waals surface area (Å²) in [6.07, 6.45) is 0. The van der Waals surface area contributed by atoms with Gasteiger partial charge in [0.15, 0.2) is 0 Å². The summed E-state index contributed by atoms with van der Waals surface area (Å²) in [6, 6.07) is 8.40. The molecule has 84 valence electrons. The van der Waals surface area contributed by atoms with Gasteiger partial charge >= 0.3 is 0 Å². The molecule has 3 nitrogen and oxygen atoms in total. The van der Waals surface area contributed by atoms with Gasteiger partial charge in [0.1, 0.15) is 17.3 Å². The summed E-state index contributed by atoms with van der Waals surface area (Å²) in [5.41, 5.74) is 6.21. The van der Waals surface area contributed by atoms with Crippen molar-refractivity contribution in [1.82, 2.24) is 0 Å². The van der Waals surface area contributed by atoms with Crippen LogP contribution in [0.3, 0.4) is 0 Å². The zero-order chi connectivity index (χ0) is 11.5. The van der Waals surface area contributed by atoms with Gasteiger partial charge in [0, 0.05) is 5.69 Å². The summed E-state index contributed by atoms with van der Waals surface area (Å²) in [5.74, 6) is 1.26. The van der Waals surface area contributed by atoms with E-state index in [1.807, 2.05) is 19.1 Å². The Bertz CT molecular complexity index is 494. The Hall–Kier alpha value is -1.97. The van der Waals surface area contributed by atoms with Crippen molar-refractivity contribution in [2.24, 2.45) is 0 Å². The fourth-order valence-corrected chi connectivity index (χ4v) is 1.41. The smallest absolute Gasteiger partial charge is 0.148 e. The highest BCUT2D eigenvalue weighted by atomic mass is 19.1. The van der Waals surface area contributed by atoms with Crippen molar-refractivity contribution in [3.8, 4) is 0 Å². The number of nitrogens with one attached hydrogen (secondary N) is 1. The second kappa shape index (κ2) is 4.26. The van der Waals surface area contributed by atoms with Crippen LogP contribution in [0.4, 0.5) is 15.8 Å². The molecule has 0 atom stereocenters. The maximum atomic E-state index is 13.1. The molecule has 0 saturated heterocycles. The molecule has 0 amide bonds. The standard InChI is InChI=1S/C12H13FN2O/c1-8-2-4-10(16-8)7-15-9-3-5-12(14)11(13)6-9/h2-6,15H,7,14H2,1H3. The van der Waals surface area contributed by atoms with Crippen molar-refractivity contribution < 1.29 is 8.81 Å². The molecule has 1 aromatic heterocycles. The molecule has 0 aliphatic rings. The van der Waals surface area contributed by atoms with Gasteiger partial charge in [-0.2, -0.15) is 0 Å². The number of rotatable bonds is 3. The van der Waals surface area contributed by atoms with Gasteiger partial charge in [0.25, 0.3) is 0 Å². The molecule has 0 bridgehead atoms. The second-order valence-corrected chi connectivity index (χ2v) is 3.60. The number of nitrogen functional groups attached to an aromatic ring is 1. The topological polar surface area (TPSA) is 51.2 Å². The van der Waals surface area contributed by atoms with Crippen LogP contribution < -0.4 is 11.1 Å². The number of aryl methyl sites for hydroxylation is 1. The molecular weight excluding hydrogens is 207 g/mol. The van der Waals surface area contributed by atoms with Crippen molar-refractivity contribution >= 4 is 11.4 Å². The van der Waals surface area contributed by atoms with Gasteiger partial charge < -0.3 is 15.5 Å². The van der Waals surface area contributed by atoms with E-state index in [1.165, 1.54) is 12.1 Å². The Morgan fingerprint density at radius 2 is 2.12 bits per heavy atom. The van der Waals surface area contributed by atoms with Gasteiger partial charge in [-0.3, -0.25) is 0 Å². The number of hydrogen-bond acceptors (Lipinski definition) is 3. The third-order valence-corrected chi connectivity index (χ3v) is 2.26. The van der Waals surface area contributed by atoms with Crippen LogP contribution >= 0.6 is 0 Å². The van der Waals surface area contributed by atoms with E-state index < -0.39 is 5.82 Å². The molecule has 4 heteroatoms. The van der Waals surface area contributed by atoms with E-state index in [0.717, 1.165) is 11.5 Å². The van der Waals surface area contributed by atoms with E-state index in [1.54, 1.807) is 6.07 Å². The van der Waals surface area contributed by atoms with Gasteiger partial charge in [-0.1, -0.05) is 0 Å². The van der Waals surface area contributed by atoms with Gasteiger partial charge in [0.05, 0.1) is 12.2 Å². The van der Waals surface area contributed by atoms with Crippen molar-refractivity contribution in [2.75, 3.05) is 11.1 Å². The van der Waals surface area contributed by atoms with Crippen molar-refractivity contribution in [2.45, 2.75) is 13.5 Å². The van der Waals surface area contributed by atoms with Crippen LogP contribution in [0.2, 0.25) is 0 Å². The van der Waals surface area contributed by atoms with Crippen LogP contribution in [0, 0.1) is 12.7 Å². The molecule has 0 aliphatic carbocycles. The van der Waals surface area contributed by atoms with Crippen LogP contribution in [0.15, 0.2) is 34.7 Å². The summed E-state index contributed by atoms with van der Waals surface area (Å²) in [5, 5.41) is 3.05. The SMILES string of the molecule is Cc1ccc(CNc2ccc(N)c(F)c2)o1. The number of benzene rings is 1. The Kier molecular flexibility index (Phi) is 2.81. The predicted octanol–water partition coefficient (Wildman–Crippen LogP) is 2.92. The number of halogens is 1. The Morgan fingerprint density at radius 3 is 2.75 bits per heavy atom. The van der Waals surface area contributed by atoms with Crippen LogP contribution in [0.25, 0.3) is 0 Å². The van der Waals surface area contributed by atoms with Gasteiger partial charge in [-0.25, -0.2) is 4.39 Å². The zero-order valence-corrected chi connectivity index (χ0v) is 8.96. The lowest BCUT2D eigenvalue weighted by Gasteiger charge is -2.05. The molecule has 16 heavy (non-hydrogen) atoms. The van der Waals surface area contributed by atoms with E-state index in [2.05, 4.69) is 5.32 Å². The normalized spacial score (nSPS) is 10.4. The quantitative estimate of drug-likeness (QED) is 0.782. The van der Waals surface area contributed by atoms with E-state index in [-0.39, 0.29) is 5.69 Å². The monoisotopic (exact) mass is 220 g/mol. The molecule has 0 fully saturated rings. The Labute approximate surface area is 93.1 Å². The highest BCUT2D eigenvalue weighted by Crippen LogP contribution is 2.17. The maximum absolute atomic E-state index is 13.1. The molecule has 2 rings (SSSR count). The minimum absolute atomic E-state index is 0.152. The third-order valence-electron chi connectivity index (χ3n) is 2.26. The molecule has 0 spiro atoms. The average molecular weight is 220 g/mol. The fraction of sp³-hybridized carbons (Fsp3) is 0.167. The van der Waals surface area contributed by atoms with Gasteiger partial charge in [-0.05, 0) is 37.3 Å². The zero-order valence-electron chi connectivity index (χ0n) is 8.96. The molecule has 1 heterocycles. The largest absolute Gasteiger partial charge is 0.465 e. The molecule has 1 aromatic carbocycles. The molecule has 2 aromatic rings. The van der Waals surface area contributed by atoms with Crippen LogP contribution in [0.1, 0.15) is 11.5 Å². The molecule has 0 aliphatic heterocycles. The van der Waals surface area contributed by atoms with E-state index >= 15 is 0 Å². The van der Waals surface area contributed by atoms with Crippen LogP contribution in [-0.2, 0) is 6.54 Å². The lowest BCUT2D eigenvalue weighted by molar-refractivity contribution is 0.490. The summed E-state index contributed by atoms with van der Waals surface area (Å²) >= 11 is 0. The Morgan fingerprint density at radius 1 is 1.31 bits per heavy atom. The number of hydrogen-bond donors (Lipinski definition) is 2. The van der Waals surface area contributed by atoms with Gasteiger partial charge in [0.2, 0.25) is 0 Å². The molecule has 0 saturated carbocycles. The molecule has 3 N–H and O–H groups in total. The minimum Gasteiger partial charge on any atom is -0.465 e. The number of anilines is 2. The minimum atomic E-state index is -0.416. The molecule has 0 unspecified atom stereocenters. The highest BCUT2D eigenvalue weighted by Gasteiger charge is 2.01. The van der Waals surface area contributed by atoms with Crippen molar-refractivity contribution in [3.05, 3.63) is 47.7 Å². The van der Waals surface area contributed by atoms with Crippen molar-refractivity contribution in [3.63, 3.8) is 0 Å². The fourth-order valence-electron chi connectivity index (χ4n) is 1.41. The van der Waals surface area contributed by atoms with Gasteiger partial charge in [-0.15, -0.1) is 0 Å². The predicted molar refractivity (Wildman–Crippen MR) is 61.6 cm³/mol. The average Bonchev–Trinajstić information content (AvgIpc) is 2.66. The van der Waals surface area contributed by atoms with Crippen LogP contribution in [-0.4, -0.2) is 0 Å². The second-order valence-electron chi connectivity index (χ2n) is 3.60. The first kappa shape index (κ1) is 10.5. The first-order chi connectivity index (χ1) is 7.65. The third kappa shape index (κ3) is 2.34.